The van der Waals surface area contributed by atoms with Crippen LogP contribution in [0.4, 0.5) is 0 Å². The van der Waals surface area contributed by atoms with Gasteiger partial charge in [0.25, 0.3) is 0 Å². The lowest BCUT2D eigenvalue weighted by atomic mass is 10.0. The number of ether oxygens (including phenoxy) is 2. The van der Waals surface area contributed by atoms with Crippen LogP contribution in [0.15, 0.2) is 30.6 Å². The van der Waals surface area contributed by atoms with Gasteiger partial charge in [0, 0.05) is 19.4 Å². The average Bonchev–Trinajstić information content (AvgIpc) is 2.90. The van der Waals surface area contributed by atoms with Crippen LogP contribution in [-0.4, -0.2) is 30.8 Å². The number of hydrogen-bond donors (Lipinski definition) is 1. The number of aromatic nitrogens is 2. The summed E-state index contributed by atoms with van der Waals surface area (Å²) in [6, 6.07) is 6.15. The molecule has 0 saturated heterocycles. The van der Waals surface area contributed by atoms with Crippen LogP contribution < -0.4 is 14.8 Å². The standard InChI is InChI=1S/C15H21N3O2/c1-16-12(15-17-7-8-18(15)2)9-11-5-6-13(19-3)14(10-11)20-4/h5-8,10,12,16H,9H2,1-4H3. The van der Waals surface area contributed by atoms with Crippen molar-refractivity contribution in [3.05, 3.63) is 42.0 Å². The number of methoxy groups -OCH3 is 2. The van der Waals surface area contributed by atoms with Crippen LogP contribution >= 0.6 is 0 Å². The molecule has 0 aliphatic carbocycles. The fraction of sp³-hybridized carbons (Fsp3) is 0.400. The van der Waals surface area contributed by atoms with Gasteiger partial charge in [-0.25, -0.2) is 4.98 Å². The number of imidazole rings is 1. The minimum absolute atomic E-state index is 0.160. The Morgan fingerprint density at radius 1 is 1.25 bits per heavy atom. The van der Waals surface area contributed by atoms with E-state index in [1.807, 2.05) is 43.2 Å². The van der Waals surface area contributed by atoms with Gasteiger partial charge in [-0.1, -0.05) is 6.07 Å². The normalized spacial score (nSPS) is 12.2. The van der Waals surface area contributed by atoms with E-state index in [1.165, 1.54) is 5.56 Å². The van der Waals surface area contributed by atoms with Gasteiger partial charge in [0.2, 0.25) is 0 Å². The van der Waals surface area contributed by atoms with E-state index in [-0.39, 0.29) is 6.04 Å². The maximum atomic E-state index is 5.34. The lowest BCUT2D eigenvalue weighted by Gasteiger charge is -2.17. The van der Waals surface area contributed by atoms with E-state index in [2.05, 4.69) is 16.4 Å². The highest BCUT2D eigenvalue weighted by atomic mass is 16.5. The molecule has 5 heteroatoms. The van der Waals surface area contributed by atoms with Gasteiger partial charge in [-0.15, -0.1) is 0 Å². The van der Waals surface area contributed by atoms with E-state index in [9.17, 15) is 0 Å². The molecule has 0 aliphatic rings. The Kier molecular flexibility index (Phi) is 4.63. The Hall–Kier alpha value is -2.01. The lowest BCUT2D eigenvalue weighted by molar-refractivity contribution is 0.354. The Morgan fingerprint density at radius 2 is 2.00 bits per heavy atom. The smallest absolute Gasteiger partial charge is 0.160 e. The van der Waals surface area contributed by atoms with E-state index in [0.29, 0.717) is 0 Å². The third-order valence-corrected chi connectivity index (χ3v) is 3.41. The maximum Gasteiger partial charge on any atom is 0.160 e. The second-order valence-corrected chi connectivity index (χ2v) is 4.63. The first-order valence-electron chi connectivity index (χ1n) is 6.55. The summed E-state index contributed by atoms with van der Waals surface area (Å²) in [7, 11) is 7.24. The summed E-state index contributed by atoms with van der Waals surface area (Å²) in [6.07, 6.45) is 4.60. The summed E-state index contributed by atoms with van der Waals surface area (Å²) >= 11 is 0. The molecule has 2 aromatic rings. The van der Waals surface area contributed by atoms with Crippen LogP contribution in [0.1, 0.15) is 17.4 Å². The largest absolute Gasteiger partial charge is 0.493 e. The maximum absolute atomic E-state index is 5.34. The molecule has 5 nitrogen and oxygen atoms in total. The number of hydrogen-bond acceptors (Lipinski definition) is 4. The van der Waals surface area contributed by atoms with E-state index < -0.39 is 0 Å². The molecular formula is C15H21N3O2. The van der Waals surface area contributed by atoms with E-state index in [1.54, 1.807) is 14.2 Å². The fourth-order valence-electron chi connectivity index (χ4n) is 2.28. The zero-order valence-electron chi connectivity index (χ0n) is 12.4. The van der Waals surface area contributed by atoms with Gasteiger partial charge < -0.3 is 19.4 Å². The Labute approximate surface area is 119 Å². The molecule has 0 saturated carbocycles. The number of aryl methyl sites for hydroxylation is 1. The molecule has 1 atom stereocenters. The summed E-state index contributed by atoms with van der Waals surface area (Å²) in [6.45, 7) is 0. The minimum Gasteiger partial charge on any atom is -0.493 e. The van der Waals surface area contributed by atoms with Crippen molar-refractivity contribution in [2.75, 3.05) is 21.3 Å². The minimum atomic E-state index is 0.160. The van der Waals surface area contributed by atoms with E-state index in [4.69, 9.17) is 9.47 Å². The average molecular weight is 275 g/mol. The Bertz CT molecular complexity index is 566. The number of nitrogens with zero attached hydrogens (tertiary/aromatic N) is 2. The number of benzene rings is 1. The molecule has 108 valence electrons. The first kappa shape index (κ1) is 14.4. The first-order valence-corrected chi connectivity index (χ1v) is 6.55. The molecule has 1 N–H and O–H groups in total. The van der Waals surface area contributed by atoms with E-state index in [0.717, 1.165) is 23.7 Å². The molecule has 1 aromatic carbocycles. The van der Waals surface area contributed by atoms with Gasteiger partial charge in [-0.3, -0.25) is 0 Å². The Balaban J connectivity index is 2.22. The number of nitrogens with one attached hydrogen (secondary N) is 1. The summed E-state index contributed by atoms with van der Waals surface area (Å²) in [5.41, 5.74) is 1.17. The monoisotopic (exact) mass is 275 g/mol. The molecule has 20 heavy (non-hydrogen) atoms. The van der Waals surface area contributed by atoms with Crippen LogP contribution in [0.5, 0.6) is 11.5 Å². The summed E-state index contributed by atoms with van der Waals surface area (Å²) in [5, 5.41) is 3.30. The Morgan fingerprint density at radius 3 is 2.55 bits per heavy atom. The second-order valence-electron chi connectivity index (χ2n) is 4.63. The van der Waals surface area contributed by atoms with Gasteiger partial charge >= 0.3 is 0 Å². The van der Waals surface area contributed by atoms with Crippen LogP contribution in [0.25, 0.3) is 0 Å². The summed E-state index contributed by atoms with van der Waals surface area (Å²) < 4.78 is 12.6. The number of rotatable bonds is 6. The predicted octanol–water partition coefficient (Wildman–Crippen LogP) is 1.94. The lowest BCUT2D eigenvalue weighted by Crippen LogP contribution is -2.22. The molecule has 0 spiro atoms. The highest BCUT2D eigenvalue weighted by Crippen LogP contribution is 2.29. The van der Waals surface area contributed by atoms with Gasteiger partial charge in [0.05, 0.1) is 20.3 Å². The van der Waals surface area contributed by atoms with Crippen molar-refractivity contribution in [3.8, 4) is 11.5 Å². The molecule has 1 unspecified atom stereocenters. The summed E-state index contributed by atoms with van der Waals surface area (Å²) in [4.78, 5) is 4.40. The van der Waals surface area contributed by atoms with Crippen molar-refractivity contribution >= 4 is 0 Å². The molecule has 2 rings (SSSR count). The predicted molar refractivity (Wildman–Crippen MR) is 78.3 cm³/mol. The van der Waals surface area contributed by atoms with Crippen molar-refractivity contribution in [2.45, 2.75) is 12.5 Å². The van der Waals surface area contributed by atoms with Crippen molar-refractivity contribution in [1.29, 1.82) is 0 Å². The van der Waals surface area contributed by atoms with Crippen molar-refractivity contribution in [1.82, 2.24) is 14.9 Å². The molecule has 1 aromatic heterocycles. The second kappa shape index (κ2) is 6.43. The highest BCUT2D eigenvalue weighted by Gasteiger charge is 2.15. The van der Waals surface area contributed by atoms with Crippen LogP contribution in [0, 0.1) is 0 Å². The third kappa shape index (κ3) is 2.93. The van der Waals surface area contributed by atoms with Crippen LogP contribution in [0.3, 0.4) is 0 Å². The topological polar surface area (TPSA) is 48.3 Å². The SMILES string of the molecule is CNC(Cc1ccc(OC)c(OC)c1)c1nccn1C. The fourth-order valence-corrected chi connectivity index (χ4v) is 2.28. The molecule has 0 fully saturated rings. The quantitative estimate of drug-likeness (QED) is 0.875. The van der Waals surface area contributed by atoms with Gasteiger partial charge in [-0.2, -0.15) is 0 Å². The molecular weight excluding hydrogens is 254 g/mol. The summed E-state index contributed by atoms with van der Waals surface area (Å²) in [5.74, 6) is 2.51. The first-order chi connectivity index (χ1) is 9.69. The molecule has 0 aliphatic heterocycles. The highest BCUT2D eigenvalue weighted by molar-refractivity contribution is 5.43. The number of likely N-dealkylation sites (N-methyl/N-ethyl adjacent to an activating group) is 1. The van der Waals surface area contributed by atoms with Gasteiger partial charge in [0.15, 0.2) is 11.5 Å². The molecule has 0 radical (unpaired) electrons. The molecule has 0 amide bonds. The van der Waals surface area contributed by atoms with Crippen LogP contribution in [-0.2, 0) is 13.5 Å². The zero-order valence-corrected chi connectivity index (χ0v) is 12.4. The van der Waals surface area contributed by atoms with Crippen LogP contribution in [0.2, 0.25) is 0 Å². The zero-order chi connectivity index (χ0) is 14.5. The molecule has 0 bridgehead atoms. The molecule has 1 heterocycles. The van der Waals surface area contributed by atoms with Crippen molar-refractivity contribution < 1.29 is 9.47 Å². The van der Waals surface area contributed by atoms with Crippen molar-refractivity contribution in [2.24, 2.45) is 7.05 Å². The van der Waals surface area contributed by atoms with E-state index >= 15 is 0 Å². The van der Waals surface area contributed by atoms with Crippen molar-refractivity contribution in [3.63, 3.8) is 0 Å². The van der Waals surface area contributed by atoms with Gasteiger partial charge in [-0.05, 0) is 31.2 Å². The third-order valence-electron chi connectivity index (χ3n) is 3.41. The van der Waals surface area contributed by atoms with Gasteiger partial charge in [0.1, 0.15) is 5.82 Å².